The van der Waals surface area contributed by atoms with E-state index in [9.17, 15) is 28.0 Å². The molecule has 0 saturated carbocycles. The Morgan fingerprint density at radius 3 is 2.41 bits per heavy atom. The van der Waals surface area contributed by atoms with E-state index >= 15 is 0 Å². The molecule has 199 valence electrons. The topological polar surface area (TPSA) is 226 Å². The van der Waals surface area contributed by atoms with E-state index in [-0.39, 0.29) is 45.7 Å². The number of phenols is 1. The fourth-order valence-corrected chi connectivity index (χ4v) is 3.65. The summed E-state index contributed by atoms with van der Waals surface area (Å²) in [6, 6.07) is 13.8. The van der Waals surface area contributed by atoms with Crippen molar-refractivity contribution in [3.8, 4) is 5.75 Å². The Balaban J connectivity index is 0.00000481. The summed E-state index contributed by atoms with van der Waals surface area (Å²) in [5.74, 6) is -1.92. The molecule has 3 aromatic rings. The molecule has 37 heavy (non-hydrogen) atoms. The number of nitrogens with one attached hydrogen (secondary N) is 1. The van der Waals surface area contributed by atoms with Gasteiger partial charge in [0.1, 0.15) is 11.4 Å². The van der Waals surface area contributed by atoms with Gasteiger partial charge in [0.25, 0.3) is 10.1 Å². The van der Waals surface area contributed by atoms with Gasteiger partial charge in [0.05, 0.1) is 28.2 Å². The quantitative estimate of drug-likeness (QED) is 0.0197. The molecule has 0 saturated heterocycles. The third-order valence-corrected chi connectivity index (χ3v) is 5.74. The van der Waals surface area contributed by atoms with Gasteiger partial charge in [0, 0.05) is 27.5 Å². The summed E-state index contributed by atoms with van der Waals surface area (Å²) in [4.78, 5) is 11.3. The molecule has 7 N–H and O–H groups in total. The fourth-order valence-electron chi connectivity index (χ4n) is 2.70. The van der Waals surface area contributed by atoms with Crippen molar-refractivity contribution in [2.24, 2.45) is 15.3 Å². The van der Waals surface area contributed by atoms with Crippen LogP contribution in [0.3, 0.4) is 0 Å². The molecule has 0 aromatic heterocycles. The Labute approximate surface area is 224 Å². The molecule has 0 atom stereocenters. The number of nitrogen functional groups attached to an aromatic ring is 1. The zero-order chi connectivity index (χ0) is 26.3. The van der Waals surface area contributed by atoms with Crippen LogP contribution < -0.4 is 11.2 Å². The zero-order valence-corrected chi connectivity index (χ0v) is 20.7. The number of hydrogen-bond donors (Lipinski definition) is 6. The summed E-state index contributed by atoms with van der Waals surface area (Å²) < 4.78 is 36.2. The van der Waals surface area contributed by atoms with Gasteiger partial charge in [-0.15, -0.1) is 14.6 Å². The molecular weight excluding hydrogens is 582 g/mol. The van der Waals surface area contributed by atoms with Crippen molar-refractivity contribution in [2.45, 2.75) is 9.79 Å². The van der Waals surface area contributed by atoms with Crippen molar-refractivity contribution >= 4 is 51.0 Å². The molecule has 17 heteroatoms. The standard InChI is InChI=1S/C20H17N5O9S2.Cu/c21-15-8-12(35-34-33-29)9-17(18(15)26)23-25-19(11-4-2-1-3-5-11)24-22-16-7-6-13(36(30,31)32)10-14(16)20(27)28;/h1-10,23,26,29H,21H2,(H,27,28)(H,30,31,32);/b24-22?,25-19-;. The predicted molar refractivity (Wildman–Crippen MR) is 128 cm³/mol. The van der Waals surface area contributed by atoms with Crippen LogP contribution in [0.4, 0.5) is 17.1 Å². The van der Waals surface area contributed by atoms with Gasteiger partial charge in [0.2, 0.25) is 5.84 Å². The first-order valence-corrected chi connectivity index (χ1v) is 11.7. The van der Waals surface area contributed by atoms with Crippen LogP contribution in [-0.2, 0) is 36.6 Å². The predicted octanol–water partition coefficient (Wildman–Crippen LogP) is 3.90. The van der Waals surface area contributed by atoms with Crippen molar-refractivity contribution in [2.75, 3.05) is 11.2 Å². The molecule has 14 nitrogen and oxygen atoms in total. The van der Waals surface area contributed by atoms with E-state index in [4.69, 9.17) is 11.0 Å². The minimum absolute atomic E-state index is 0. The number of rotatable bonds is 9. The van der Waals surface area contributed by atoms with Gasteiger partial charge in [-0.3, -0.25) is 9.98 Å². The molecule has 0 bridgehead atoms. The van der Waals surface area contributed by atoms with Gasteiger partial charge < -0.3 is 15.9 Å². The summed E-state index contributed by atoms with van der Waals surface area (Å²) in [5.41, 5.74) is 8.00. The van der Waals surface area contributed by atoms with E-state index in [1.165, 1.54) is 12.1 Å². The maximum absolute atomic E-state index is 11.6. The summed E-state index contributed by atoms with van der Waals surface area (Å²) in [7, 11) is -4.64. The molecule has 0 aliphatic carbocycles. The summed E-state index contributed by atoms with van der Waals surface area (Å²) in [5, 5.41) is 43.5. The normalized spacial score (nSPS) is 11.8. The van der Waals surface area contributed by atoms with Crippen molar-refractivity contribution in [1.82, 2.24) is 0 Å². The van der Waals surface area contributed by atoms with Crippen LogP contribution in [0.5, 0.6) is 5.75 Å². The summed E-state index contributed by atoms with van der Waals surface area (Å²) in [6.45, 7) is 0. The van der Waals surface area contributed by atoms with Crippen LogP contribution in [0.15, 0.2) is 85.8 Å². The van der Waals surface area contributed by atoms with Crippen molar-refractivity contribution < 1.29 is 59.7 Å². The molecule has 0 heterocycles. The SMILES string of the molecule is Nc1cc(SOOO)cc(N/N=C(\N=Nc2ccc(S(=O)(=O)O)cc2C(=O)O)c2ccccc2)c1O.[Cu]. The van der Waals surface area contributed by atoms with Crippen LogP contribution >= 0.6 is 12.0 Å². The maximum atomic E-state index is 11.6. The molecule has 0 spiro atoms. The molecule has 0 fully saturated rings. The summed E-state index contributed by atoms with van der Waals surface area (Å²) in [6.07, 6.45) is 0. The minimum atomic E-state index is -4.64. The van der Waals surface area contributed by atoms with Crippen molar-refractivity contribution in [1.29, 1.82) is 0 Å². The number of benzene rings is 3. The Kier molecular flexibility index (Phi) is 10.5. The number of nitrogens with two attached hydrogens (primary N) is 1. The van der Waals surface area contributed by atoms with Crippen LogP contribution in [0.25, 0.3) is 0 Å². The number of carbonyl (C=O) groups is 1. The molecule has 3 aromatic carbocycles. The number of hydrazone groups is 1. The van der Waals surface area contributed by atoms with Crippen LogP contribution in [0.1, 0.15) is 15.9 Å². The van der Waals surface area contributed by atoms with E-state index in [0.29, 0.717) is 22.5 Å². The number of phenolic OH excluding ortho intramolecular Hbond substituents is 1. The van der Waals surface area contributed by atoms with Crippen molar-refractivity contribution in [3.05, 3.63) is 71.8 Å². The smallest absolute Gasteiger partial charge is 0.338 e. The third-order valence-electron chi connectivity index (χ3n) is 4.34. The number of nitrogens with zero attached hydrogens (tertiary/aromatic N) is 3. The van der Waals surface area contributed by atoms with Crippen LogP contribution in [0.2, 0.25) is 0 Å². The first-order chi connectivity index (χ1) is 17.1. The van der Waals surface area contributed by atoms with E-state index in [1.807, 2.05) is 0 Å². The van der Waals surface area contributed by atoms with Crippen molar-refractivity contribution in [3.63, 3.8) is 0 Å². The monoisotopic (exact) mass is 598 g/mol. The van der Waals surface area contributed by atoms with Crippen LogP contribution in [0, 0.1) is 0 Å². The first-order valence-electron chi connectivity index (χ1n) is 9.53. The largest absolute Gasteiger partial charge is 0.504 e. The number of aromatic carboxylic acids is 1. The molecule has 3 rings (SSSR count). The van der Waals surface area contributed by atoms with Gasteiger partial charge in [-0.05, 0) is 30.3 Å². The molecular formula is C20H17CuN5O9S2. The minimum Gasteiger partial charge on any atom is -0.504 e. The second-order valence-corrected chi connectivity index (χ2v) is 8.90. The number of anilines is 2. The third kappa shape index (κ3) is 7.97. The maximum Gasteiger partial charge on any atom is 0.338 e. The average Bonchev–Trinajstić information content (AvgIpc) is 2.85. The fraction of sp³-hybridized carbons (Fsp3) is 0. The van der Waals surface area contributed by atoms with E-state index < -0.39 is 26.5 Å². The average molecular weight is 599 g/mol. The number of aromatic hydroxyl groups is 1. The second kappa shape index (κ2) is 13.1. The van der Waals surface area contributed by atoms with Gasteiger partial charge >= 0.3 is 5.97 Å². The Morgan fingerprint density at radius 1 is 1.08 bits per heavy atom. The van der Waals surface area contributed by atoms with E-state index in [0.717, 1.165) is 18.2 Å². The zero-order valence-electron chi connectivity index (χ0n) is 18.1. The van der Waals surface area contributed by atoms with Gasteiger partial charge in [-0.2, -0.15) is 13.5 Å². The Bertz CT molecular complexity index is 1440. The number of carboxylic acids is 1. The van der Waals surface area contributed by atoms with Gasteiger partial charge in [-0.25, -0.2) is 10.1 Å². The number of carboxylic acid groups (broad SMARTS) is 1. The summed E-state index contributed by atoms with van der Waals surface area (Å²) >= 11 is 0.593. The van der Waals surface area contributed by atoms with Gasteiger partial charge in [-0.1, -0.05) is 35.4 Å². The second-order valence-electron chi connectivity index (χ2n) is 6.71. The molecule has 0 amide bonds. The van der Waals surface area contributed by atoms with E-state index in [1.54, 1.807) is 30.3 Å². The Hall–Kier alpha value is -3.54. The van der Waals surface area contributed by atoms with Crippen LogP contribution in [-0.4, -0.2) is 40.2 Å². The first kappa shape index (κ1) is 29.7. The molecule has 1 radical (unpaired) electrons. The molecule has 0 aliphatic rings. The van der Waals surface area contributed by atoms with Gasteiger partial charge in [0.15, 0.2) is 5.75 Å². The Morgan fingerprint density at radius 2 is 1.78 bits per heavy atom. The number of amidine groups is 1. The molecule has 0 unspecified atom stereocenters. The number of azo groups is 1. The number of hydrogen-bond acceptors (Lipinski definition) is 12. The molecule has 0 aliphatic heterocycles. The van der Waals surface area contributed by atoms with E-state index in [2.05, 4.69) is 30.1 Å².